The van der Waals surface area contributed by atoms with Gasteiger partial charge in [-0.05, 0) is 13.3 Å². The highest BCUT2D eigenvalue weighted by Gasteiger charge is 2.49. The Labute approximate surface area is 103 Å². The van der Waals surface area contributed by atoms with Crippen LogP contribution in [-0.4, -0.2) is 58.4 Å². The first-order valence-corrected chi connectivity index (χ1v) is 6.61. The van der Waals surface area contributed by atoms with E-state index in [2.05, 4.69) is 10.3 Å². The lowest BCUT2D eigenvalue weighted by Gasteiger charge is -2.37. The van der Waals surface area contributed by atoms with E-state index in [-0.39, 0.29) is 18.5 Å². The molecule has 5 atom stereocenters. The lowest BCUT2D eigenvalue weighted by molar-refractivity contribution is -0.139. The van der Waals surface area contributed by atoms with Crippen molar-refractivity contribution >= 4 is 16.9 Å². The molecule has 2 aliphatic heterocycles. The van der Waals surface area contributed by atoms with Gasteiger partial charge in [-0.3, -0.25) is 4.99 Å². The number of aliphatic hydroxyl groups excluding tert-OH is 2. The van der Waals surface area contributed by atoms with Crippen molar-refractivity contribution < 1.29 is 19.3 Å². The van der Waals surface area contributed by atoms with E-state index in [4.69, 9.17) is 9.84 Å². The molecule has 0 saturated carbocycles. The number of alkyl halides is 1. The summed E-state index contributed by atoms with van der Waals surface area (Å²) >= 11 is 1.34. The molecule has 2 fully saturated rings. The zero-order chi connectivity index (χ0) is 12.4. The van der Waals surface area contributed by atoms with E-state index >= 15 is 0 Å². The molecule has 0 unspecified atom stereocenters. The van der Waals surface area contributed by atoms with Gasteiger partial charge in [0.1, 0.15) is 11.5 Å². The number of aliphatic hydroxyl groups is 2. The Morgan fingerprint density at radius 3 is 3.00 bits per heavy atom. The molecule has 0 aromatic rings. The summed E-state index contributed by atoms with van der Waals surface area (Å²) in [5.74, 6) is 0. The molecular weight excluding hydrogens is 247 g/mol. The van der Waals surface area contributed by atoms with Gasteiger partial charge in [-0.1, -0.05) is 11.8 Å². The average Bonchev–Trinajstić information content (AvgIpc) is 2.69. The fourth-order valence-corrected chi connectivity index (χ4v) is 3.22. The van der Waals surface area contributed by atoms with Gasteiger partial charge >= 0.3 is 0 Å². The van der Waals surface area contributed by atoms with Gasteiger partial charge in [-0.25, -0.2) is 4.39 Å². The number of fused-ring (bicyclic) bond motifs is 1. The fourth-order valence-electron chi connectivity index (χ4n) is 2.03. The highest BCUT2D eigenvalue weighted by atomic mass is 32.2. The highest BCUT2D eigenvalue weighted by molar-refractivity contribution is 8.14. The van der Waals surface area contributed by atoms with Gasteiger partial charge in [0.15, 0.2) is 11.3 Å². The van der Waals surface area contributed by atoms with Crippen molar-refractivity contribution in [3.63, 3.8) is 0 Å². The molecule has 0 aromatic heterocycles. The van der Waals surface area contributed by atoms with Crippen LogP contribution in [0.25, 0.3) is 0 Å². The zero-order valence-corrected chi connectivity index (χ0v) is 10.4. The molecule has 17 heavy (non-hydrogen) atoms. The number of hydrogen-bond acceptors (Lipinski definition) is 5. The minimum Gasteiger partial charge on any atom is -0.396 e. The Morgan fingerprint density at radius 2 is 2.35 bits per heavy atom. The predicted octanol–water partition coefficient (Wildman–Crippen LogP) is -0.126. The third-order valence-electron chi connectivity index (χ3n) is 2.89. The van der Waals surface area contributed by atoms with E-state index < -0.39 is 24.4 Å². The van der Waals surface area contributed by atoms with Crippen LogP contribution in [0.4, 0.5) is 4.39 Å². The van der Waals surface area contributed by atoms with Gasteiger partial charge in [0.2, 0.25) is 0 Å². The van der Waals surface area contributed by atoms with Crippen molar-refractivity contribution in [3.05, 3.63) is 0 Å². The zero-order valence-electron chi connectivity index (χ0n) is 9.54. The first kappa shape index (κ1) is 13.1. The molecule has 0 amide bonds. The molecule has 0 aliphatic carbocycles. The van der Waals surface area contributed by atoms with E-state index in [9.17, 15) is 9.50 Å². The summed E-state index contributed by atoms with van der Waals surface area (Å²) in [5.41, 5.74) is -0.379. The average molecular weight is 264 g/mol. The molecule has 0 radical (unpaired) electrons. The van der Waals surface area contributed by atoms with Crippen LogP contribution in [0.5, 0.6) is 0 Å². The van der Waals surface area contributed by atoms with Crippen molar-refractivity contribution in [1.29, 1.82) is 0 Å². The van der Waals surface area contributed by atoms with E-state index in [1.54, 1.807) is 0 Å². The quantitative estimate of drug-likeness (QED) is 0.662. The Balaban J connectivity index is 2.06. The Morgan fingerprint density at radius 1 is 1.59 bits per heavy atom. The molecule has 0 bridgehead atoms. The maximum atomic E-state index is 14.0. The summed E-state index contributed by atoms with van der Waals surface area (Å²) in [6.45, 7) is 2.39. The number of aliphatic imine (C=N–C) groups is 1. The molecule has 0 aromatic carbocycles. The van der Waals surface area contributed by atoms with E-state index in [1.807, 2.05) is 6.92 Å². The monoisotopic (exact) mass is 264 g/mol. The standard InChI is InChI=1S/C10H17FN2O3S/c1-2-12-10-13-7-6(11)8(15)5(3-4-14)16-9(7)17-10/h5-9,14-15H,2-4H2,1H3,(H,12,13)/t5-,6+,7-,8-,9-/m1/s1. The number of ether oxygens (including phenoxy) is 1. The van der Waals surface area contributed by atoms with E-state index in [0.29, 0.717) is 11.7 Å². The van der Waals surface area contributed by atoms with E-state index in [1.165, 1.54) is 11.8 Å². The lowest BCUT2D eigenvalue weighted by Crippen LogP contribution is -2.57. The van der Waals surface area contributed by atoms with Crippen LogP contribution in [0.1, 0.15) is 13.3 Å². The van der Waals surface area contributed by atoms with Crippen molar-refractivity contribution in [1.82, 2.24) is 5.32 Å². The SMILES string of the molecule is CCN=C1N[C@@H]2[C@H](F)[C@H](O)[C@@H](CCO)O[C@@H]2S1. The molecule has 7 heteroatoms. The number of halogens is 1. The number of rotatable bonds is 3. The summed E-state index contributed by atoms with van der Waals surface area (Å²) in [5, 5.41) is 22.2. The van der Waals surface area contributed by atoms with Crippen molar-refractivity contribution in [2.45, 2.75) is 43.2 Å². The number of thioether (sulfide) groups is 1. The molecule has 98 valence electrons. The van der Waals surface area contributed by atoms with Crippen molar-refractivity contribution in [2.24, 2.45) is 4.99 Å². The Kier molecular flexibility index (Phi) is 4.24. The smallest absolute Gasteiger partial charge is 0.159 e. The van der Waals surface area contributed by atoms with Gasteiger partial charge in [0, 0.05) is 13.2 Å². The first-order chi connectivity index (χ1) is 8.17. The number of nitrogens with one attached hydrogen (secondary N) is 1. The third kappa shape index (κ3) is 2.57. The summed E-state index contributed by atoms with van der Waals surface area (Å²) in [6, 6.07) is -0.560. The minimum absolute atomic E-state index is 0.125. The molecule has 2 saturated heterocycles. The summed E-state index contributed by atoms with van der Waals surface area (Å²) < 4.78 is 19.6. The lowest BCUT2D eigenvalue weighted by atomic mass is 9.97. The minimum atomic E-state index is -1.40. The molecule has 3 N–H and O–H groups in total. The summed E-state index contributed by atoms with van der Waals surface area (Å²) in [6.07, 6.45) is -3.00. The number of amidine groups is 1. The predicted molar refractivity (Wildman–Crippen MR) is 63.8 cm³/mol. The van der Waals surface area contributed by atoms with Gasteiger partial charge in [0.05, 0.1) is 12.1 Å². The summed E-state index contributed by atoms with van der Waals surface area (Å²) in [4.78, 5) is 4.17. The van der Waals surface area contributed by atoms with Crippen LogP contribution < -0.4 is 5.32 Å². The molecule has 2 heterocycles. The van der Waals surface area contributed by atoms with Gasteiger partial charge in [-0.15, -0.1) is 0 Å². The van der Waals surface area contributed by atoms with Crippen molar-refractivity contribution in [2.75, 3.05) is 13.2 Å². The normalized spacial score (nSPS) is 43.5. The number of nitrogens with zero attached hydrogens (tertiary/aromatic N) is 1. The maximum Gasteiger partial charge on any atom is 0.159 e. The Hall–Kier alpha value is -0.370. The largest absolute Gasteiger partial charge is 0.396 e. The first-order valence-electron chi connectivity index (χ1n) is 5.73. The van der Waals surface area contributed by atoms with Gasteiger partial charge in [-0.2, -0.15) is 0 Å². The van der Waals surface area contributed by atoms with Crippen LogP contribution in [0, 0.1) is 0 Å². The molecule has 0 spiro atoms. The van der Waals surface area contributed by atoms with Gasteiger partial charge < -0.3 is 20.3 Å². The van der Waals surface area contributed by atoms with Crippen LogP contribution in [0.15, 0.2) is 4.99 Å². The molecule has 2 aliphatic rings. The van der Waals surface area contributed by atoms with Crippen LogP contribution in [0.3, 0.4) is 0 Å². The topological polar surface area (TPSA) is 74.1 Å². The van der Waals surface area contributed by atoms with Crippen molar-refractivity contribution in [3.8, 4) is 0 Å². The van der Waals surface area contributed by atoms with Crippen LogP contribution >= 0.6 is 11.8 Å². The molecule has 5 nitrogen and oxygen atoms in total. The number of hydrogen-bond donors (Lipinski definition) is 3. The highest BCUT2D eigenvalue weighted by Crippen LogP contribution is 2.35. The second kappa shape index (κ2) is 5.51. The van der Waals surface area contributed by atoms with Gasteiger partial charge in [0.25, 0.3) is 0 Å². The molecule has 2 rings (SSSR count). The third-order valence-corrected chi connectivity index (χ3v) is 3.99. The van der Waals surface area contributed by atoms with E-state index in [0.717, 1.165) is 0 Å². The van der Waals surface area contributed by atoms with Crippen LogP contribution in [-0.2, 0) is 4.74 Å². The maximum absolute atomic E-state index is 14.0. The second-order valence-electron chi connectivity index (χ2n) is 4.06. The fraction of sp³-hybridized carbons (Fsp3) is 0.900. The summed E-state index contributed by atoms with van der Waals surface area (Å²) in [7, 11) is 0. The second-order valence-corrected chi connectivity index (χ2v) is 5.14. The van der Waals surface area contributed by atoms with Crippen LogP contribution in [0.2, 0.25) is 0 Å². The Bertz CT molecular complexity index is 305. The molecular formula is C10H17FN2O3S.